The Morgan fingerprint density at radius 2 is 2.16 bits per heavy atom. The number of aromatic nitrogens is 1. The first-order chi connectivity index (χ1) is 9.11. The molecule has 1 aromatic heterocycles. The van der Waals surface area contributed by atoms with Crippen LogP contribution in [0.2, 0.25) is 0 Å². The number of likely N-dealkylation sites (N-methyl/N-ethyl adjacent to an activating group) is 1. The number of benzene rings is 1. The van der Waals surface area contributed by atoms with E-state index in [0.29, 0.717) is 0 Å². The van der Waals surface area contributed by atoms with Crippen LogP contribution in [0.15, 0.2) is 23.0 Å². The van der Waals surface area contributed by atoms with E-state index < -0.39 is 0 Å². The van der Waals surface area contributed by atoms with E-state index in [2.05, 4.69) is 24.1 Å². The van der Waals surface area contributed by atoms with E-state index in [4.69, 9.17) is 5.73 Å². The zero-order valence-electron chi connectivity index (χ0n) is 11.6. The summed E-state index contributed by atoms with van der Waals surface area (Å²) >= 11 is 1.32. The maximum atomic E-state index is 11.6. The molecule has 0 saturated carbocycles. The molecule has 1 aromatic carbocycles. The first-order valence-corrected chi connectivity index (χ1v) is 7.40. The second kappa shape index (κ2) is 6.32. The SMILES string of the molecule is CN(CCCN)CCc1ccc2c(c1)sc(=O)n2C. The quantitative estimate of drug-likeness (QED) is 0.870. The molecular weight excluding hydrogens is 258 g/mol. The Balaban J connectivity index is 2.03. The highest BCUT2D eigenvalue weighted by Crippen LogP contribution is 2.18. The van der Waals surface area contributed by atoms with Gasteiger partial charge in [0.15, 0.2) is 0 Å². The van der Waals surface area contributed by atoms with Gasteiger partial charge >= 0.3 is 4.87 Å². The molecule has 1 heterocycles. The first kappa shape index (κ1) is 14.2. The van der Waals surface area contributed by atoms with Crippen molar-refractivity contribution in [3.05, 3.63) is 33.4 Å². The summed E-state index contributed by atoms with van der Waals surface area (Å²) in [5.41, 5.74) is 7.82. The maximum Gasteiger partial charge on any atom is 0.307 e. The summed E-state index contributed by atoms with van der Waals surface area (Å²) in [5.74, 6) is 0. The highest BCUT2D eigenvalue weighted by molar-refractivity contribution is 7.16. The van der Waals surface area contributed by atoms with E-state index in [9.17, 15) is 4.79 Å². The van der Waals surface area contributed by atoms with Crippen molar-refractivity contribution in [1.29, 1.82) is 0 Å². The third-order valence-electron chi connectivity index (χ3n) is 3.38. The molecule has 0 amide bonds. The molecule has 0 saturated heterocycles. The number of aryl methyl sites for hydroxylation is 1. The molecule has 5 heteroatoms. The van der Waals surface area contributed by atoms with Crippen LogP contribution in [-0.2, 0) is 13.5 Å². The molecule has 0 radical (unpaired) electrons. The Hall–Kier alpha value is -1.17. The van der Waals surface area contributed by atoms with E-state index in [-0.39, 0.29) is 4.87 Å². The fourth-order valence-electron chi connectivity index (χ4n) is 2.13. The first-order valence-electron chi connectivity index (χ1n) is 6.59. The van der Waals surface area contributed by atoms with Crippen LogP contribution in [0.3, 0.4) is 0 Å². The molecule has 2 aromatic rings. The molecule has 19 heavy (non-hydrogen) atoms. The van der Waals surface area contributed by atoms with Gasteiger partial charge in [0, 0.05) is 13.6 Å². The summed E-state index contributed by atoms with van der Waals surface area (Å²) in [6.45, 7) is 2.80. The number of nitrogens with two attached hydrogens (primary N) is 1. The average molecular weight is 279 g/mol. The molecule has 0 aliphatic carbocycles. The van der Waals surface area contributed by atoms with Crippen LogP contribution in [0.25, 0.3) is 10.2 Å². The van der Waals surface area contributed by atoms with E-state index in [1.807, 2.05) is 13.1 Å². The lowest BCUT2D eigenvalue weighted by Gasteiger charge is -2.15. The van der Waals surface area contributed by atoms with Crippen molar-refractivity contribution in [2.45, 2.75) is 12.8 Å². The van der Waals surface area contributed by atoms with Gasteiger partial charge in [-0.05, 0) is 50.7 Å². The highest BCUT2D eigenvalue weighted by atomic mass is 32.1. The Morgan fingerprint density at radius 1 is 1.37 bits per heavy atom. The van der Waals surface area contributed by atoms with E-state index >= 15 is 0 Å². The fourth-order valence-corrected chi connectivity index (χ4v) is 3.07. The lowest BCUT2D eigenvalue weighted by Crippen LogP contribution is -2.24. The van der Waals surface area contributed by atoms with Crippen molar-refractivity contribution in [2.24, 2.45) is 12.8 Å². The largest absolute Gasteiger partial charge is 0.330 e. The molecule has 0 aliphatic rings. The summed E-state index contributed by atoms with van der Waals surface area (Å²) in [6, 6.07) is 6.30. The van der Waals surface area contributed by atoms with Gasteiger partial charge in [-0.25, -0.2) is 0 Å². The van der Waals surface area contributed by atoms with Crippen LogP contribution < -0.4 is 10.6 Å². The fraction of sp³-hybridized carbons (Fsp3) is 0.500. The van der Waals surface area contributed by atoms with Crippen LogP contribution in [0, 0.1) is 0 Å². The molecular formula is C14H21N3OS. The van der Waals surface area contributed by atoms with E-state index in [1.165, 1.54) is 16.9 Å². The molecule has 0 aliphatic heterocycles. The molecule has 0 unspecified atom stereocenters. The monoisotopic (exact) mass is 279 g/mol. The smallest absolute Gasteiger partial charge is 0.307 e. The van der Waals surface area contributed by atoms with Gasteiger partial charge in [0.25, 0.3) is 0 Å². The molecule has 0 bridgehead atoms. The van der Waals surface area contributed by atoms with Crippen molar-refractivity contribution in [3.63, 3.8) is 0 Å². The van der Waals surface area contributed by atoms with Crippen molar-refractivity contribution >= 4 is 21.6 Å². The lowest BCUT2D eigenvalue weighted by atomic mass is 10.1. The number of rotatable bonds is 6. The number of hydrogen-bond donors (Lipinski definition) is 1. The predicted octanol–water partition coefficient (Wildman–Crippen LogP) is 1.42. The summed E-state index contributed by atoms with van der Waals surface area (Å²) in [5, 5.41) is 0. The second-order valence-corrected chi connectivity index (χ2v) is 5.92. The molecule has 2 N–H and O–H groups in total. The van der Waals surface area contributed by atoms with Gasteiger partial charge in [-0.15, -0.1) is 0 Å². The van der Waals surface area contributed by atoms with E-state index in [1.54, 1.807) is 4.57 Å². The Bertz CT molecular complexity index is 602. The van der Waals surface area contributed by atoms with Crippen molar-refractivity contribution in [3.8, 4) is 0 Å². The van der Waals surface area contributed by atoms with Gasteiger partial charge in [-0.1, -0.05) is 17.4 Å². The number of hydrogen-bond acceptors (Lipinski definition) is 4. The molecule has 2 rings (SSSR count). The van der Waals surface area contributed by atoms with Gasteiger partial charge in [-0.2, -0.15) is 0 Å². The van der Waals surface area contributed by atoms with Gasteiger partial charge in [-0.3, -0.25) is 4.79 Å². The topological polar surface area (TPSA) is 51.3 Å². The van der Waals surface area contributed by atoms with Crippen molar-refractivity contribution in [1.82, 2.24) is 9.47 Å². The van der Waals surface area contributed by atoms with Crippen LogP contribution in [0.4, 0.5) is 0 Å². The molecule has 104 valence electrons. The Labute approximate surface area is 117 Å². The minimum Gasteiger partial charge on any atom is -0.330 e. The summed E-state index contributed by atoms with van der Waals surface area (Å²) < 4.78 is 2.78. The van der Waals surface area contributed by atoms with Gasteiger partial charge < -0.3 is 15.2 Å². The zero-order valence-corrected chi connectivity index (χ0v) is 12.4. The van der Waals surface area contributed by atoms with Crippen LogP contribution in [-0.4, -0.2) is 36.1 Å². The standard InChI is InChI=1S/C14H21N3OS/c1-16(8-3-7-15)9-6-11-4-5-12-13(10-11)19-14(18)17(12)2/h4-5,10H,3,6-9,15H2,1-2H3. The summed E-state index contributed by atoms with van der Waals surface area (Å²) in [6.07, 6.45) is 2.04. The van der Waals surface area contributed by atoms with Gasteiger partial charge in [0.2, 0.25) is 0 Å². The Kier molecular flexibility index (Phi) is 4.74. The zero-order chi connectivity index (χ0) is 13.8. The minimum atomic E-state index is 0.104. The minimum absolute atomic E-state index is 0.104. The molecule has 0 spiro atoms. The molecule has 0 atom stereocenters. The van der Waals surface area contributed by atoms with Crippen molar-refractivity contribution < 1.29 is 0 Å². The number of thiazole rings is 1. The Morgan fingerprint density at radius 3 is 2.89 bits per heavy atom. The highest BCUT2D eigenvalue weighted by Gasteiger charge is 2.05. The number of nitrogens with zero attached hydrogens (tertiary/aromatic N) is 2. The summed E-state index contributed by atoms with van der Waals surface area (Å²) in [7, 11) is 3.94. The summed E-state index contributed by atoms with van der Waals surface area (Å²) in [4.78, 5) is 14.0. The van der Waals surface area contributed by atoms with Gasteiger partial charge in [0.05, 0.1) is 10.2 Å². The van der Waals surface area contributed by atoms with Crippen LogP contribution in [0.1, 0.15) is 12.0 Å². The predicted molar refractivity (Wildman–Crippen MR) is 81.9 cm³/mol. The third kappa shape index (κ3) is 3.43. The number of fused-ring (bicyclic) bond motifs is 1. The average Bonchev–Trinajstić information content (AvgIpc) is 2.69. The van der Waals surface area contributed by atoms with Crippen LogP contribution in [0.5, 0.6) is 0 Å². The lowest BCUT2D eigenvalue weighted by molar-refractivity contribution is 0.335. The molecule has 4 nitrogen and oxygen atoms in total. The normalized spacial score (nSPS) is 11.6. The van der Waals surface area contributed by atoms with Crippen LogP contribution >= 0.6 is 11.3 Å². The maximum absolute atomic E-state index is 11.6. The second-order valence-electron chi connectivity index (χ2n) is 4.92. The van der Waals surface area contributed by atoms with Gasteiger partial charge in [0.1, 0.15) is 0 Å². The van der Waals surface area contributed by atoms with Crippen molar-refractivity contribution in [2.75, 3.05) is 26.7 Å². The molecule has 0 fully saturated rings. The third-order valence-corrected chi connectivity index (χ3v) is 4.38. The van der Waals surface area contributed by atoms with E-state index in [0.717, 1.165) is 42.7 Å².